The third kappa shape index (κ3) is 15.1. The van der Waals surface area contributed by atoms with Gasteiger partial charge < -0.3 is 78.4 Å². The smallest absolute Gasteiger partial charge is 0.415 e. The number of likely N-dealkylation sites (N-methyl/N-ethyl adjacent to an activating group) is 1. The summed E-state index contributed by atoms with van der Waals surface area (Å²) < 4.78 is 38.0. The van der Waals surface area contributed by atoms with Gasteiger partial charge in [-0.2, -0.15) is 0 Å². The molecule has 12 heterocycles. The lowest BCUT2D eigenvalue weighted by Gasteiger charge is -2.39. The number of cyclic esters (lactones) is 2. The number of nitrogens with one attached hydrogen (secondary N) is 4. The van der Waals surface area contributed by atoms with E-state index < -0.39 is 102 Å². The van der Waals surface area contributed by atoms with Crippen LogP contribution in [0.4, 0.5) is 9.59 Å². The fraction of sp³-hybridized carbons (Fsp3) is 0.537. The van der Waals surface area contributed by atoms with Gasteiger partial charge in [0.05, 0.1) is 70.6 Å². The van der Waals surface area contributed by atoms with Crippen molar-refractivity contribution in [1.82, 2.24) is 60.0 Å². The molecule has 582 valence electrons. The van der Waals surface area contributed by atoms with Crippen LogP contribution in [0, 0.1) is 0 Å². The van der Waals surface area contributed by atoms with Gasteiger partial charge >= 0.3 is 36.1 Å². The number of likely N-dealkylation sites (tertiary alicyclic amines) is 4. The van der Waals surface area contributed by atoms with Gasteiger partial charge in [0.25, 0.3) is 11.1 Å². The largest absolute Gasteiger partial charge is 0.457 e. The van der Waals surface area contributed by atoms with Gasteiger partial charge in [0, 0.05) is 77.7 Å². The van der Waals surface area contributed by atoms with Crippen LogP contribution in [-0.2, 0) is 103 Å². The number of pyridine rings is 4. The molecule has 0 spiro atoms. The van der Waals surface area contributed by atoms with E-state index in [1.54, 1.807) is 69.2 Å². The Bertz CT molecular complexity index is 4720. The number of piperidine rings is 4. The van der Waals surface area contributed by atoms with E-state index >= 15 is 0 Å². The summed E-state index contributed by atoms with van der Waals surface area (Å²) >= 11 is 0. The van der Waals surface area contributed by atoms with E-state index in [0.717, 1.165) is 84.9 Å². The minimum atomic E-state index is -2.09. The van der Waals surface area contributed by atoms with Crippen molar-refractivity contribution in [2.75, 3.05) is 79.0 Å². The highest BCUT2D eigenvalue weighted by molar-refractivity contribution is 5.95. The van der Waals surface area contributed by atoms with E-state index in [9.17, 15) is 52.7 Å². The summed E-state index contributed by atoms with van der Waals surface area (Å²) in [6, 6.07) is 13.8. The van der Waals surface area contributed by atoms with Crippen LogP contribution in [0.15, 0.2) is 58.1 Å². The van der Waals surface area contributed by atoms with E-state index in [1.807, 2.05) is 26.0 Å². The van der Waals surface area contributed by atoms with Crippen molar-refractivity contribution >= 4 is 75.6 Å². The number of carbonyl (C=O) groups excluding carboxylic acids is 9. The average molecular weight is 1500 g/mol. The molecule has 29 heteroatoms. The topological polar surface area (TPSA) is 340 Å². The number of ether oxygens (including phenoxy) is 6. The molecule has 3 atom stereocenters. The Morgan fingerprint density at radius 3 is 1.36 bits per heavy atom. The highest BCUT2D eigenvalue weighted by Crippen LogP contribution is 2.45. The summed E-state index contributed by atoms with van der Waals surface area (Å²) in [5.74, 6) is -5.27. The molecule has 6 aromatic rings. The number of amides is 5. The Balaban J connectivity index is 0.00000554. The Hall–Kier alpha value is -10.1. The predicted octanol–water partition coefficient (Wildman–Crippen LogP) is 7.29. The molecule has 0 saturated carbocycles. The first-order chi connectivity index (χ1) is 51.8. The minimum Gasteiger partial charge on any atom is -0.457 e. The number of hydrogen-bond acceptors (Lipinski definition) is 22. The zero-order valence-corrected chi connectivity index (χ0v) is 61.3. The number of esters is 4. The van der Waals surface area contributed by atoms with Gasteiger partial charge in [-0.15, -0.1) is 0 Å². The maximum atomic E-state index is 14.5. The molecule has 5 amide bonds. The molecule has 1 unspecified atom stereocenters. The molecule has 0 radical (unpaired) electrons. The number of benzene rings is 2. The van der Waals surface area contributed by atoms with Gasteiger partial charge in [-0.3, -0.25) is 33.6 Å². The van der Waals surface area contributed by atoms with Gasteiger partial charge in [0.2, 0.25) is 28.9 Å². The second kappa shape index (κ2) is 33.0. The Kier molecular flexibility index (Phi) is 23.7. The molecule has 2 aromatic carbocycles. The number of rotatable bonds is 21. The molecule has 0 aliphatic carbocycles. The second-order valence-corrected chi connectivity index (χ2v) is 29.0. The van der Waals surface area contributed by atoms with Crippen molar-refractivity contribution in [1.29, 1.82) is 0 Å². The maximum absolute atomic E-state index is 14.5. The fourth-order valence-electron chi connectivity index (χ4n) is 17.2. The summed E-state index contributed by atoms with van der Waals surface area (Å²) in [7, 11) is 1.47. The lowest BCUT2D eigenvalue weighted by Crippen LogP contribution is -2.49. The van der Waals surface area contributed by atoms with Crippen molar-refractivity contribution in [2.24, 2.45) is 0 Å². The van der Waals surface area contributed by atoms with Gasteiger partial charge in [-0.1, -0.05) is 55.4 Å². The third-order valence-electron chi connectivity index (χ3n) is 23.1. The summed E-state index contributed by atoms with van der Waals surface area (Å²) in [6.45, 7) is 11.6. The van der Waals surface area contributed by atoms with E-state index in [4.69, 9.17) is 38.4 Å². The molecule has 8 aliphatic heterocycles. The van der Waals surface area contributed by atoms with E-state index in [-0.39, 0.29) is 89.1 Å². The van der Waals surface area contributed by atoms with Crippen LogP contribution in [0.3, 0.4) is 0 Å². The monoisotopic (exact) mass is 1500 g/mol. The lowest BCUT2D eigenvalue weighted by atomic mass is 9.85. The number of fused-ring (bicyclic) bond motifs is 10. The first-order valence-electron chi connectivity index (χ1n) is 37.9. The number of carbonyl (C=O) groups is 9. The number of aromatic nitrogens is 4. The standard InChI is InChI=1S/C78H92N12O17.2CH4/c1-6-49-51-34-47(104-75(100)87-30-22-45(23-31-87)85-26-12-10-13-27-85)16-18-59(51)83-68-53(49)41-89-62(68)36-57-55(71(89)96)43-102-73(98)77(57,8-3)106-66(93)39-80-64(91)21-20-61(79-5)70(95)82-38-65(92)81-40-67(94)107-78(9-4)58-37-63-69-54(42-90(63)72(97)56(58)44-103-74(78)99)50(7-2)52-35-48(17-19-60(52)84-69)105-76(101)88-32-24-46(25-33-88)86-28-14-11-15-29-86;;/h16-19,34-37,45-46,61,79H,6-15,20-33,38-44H2,1-5H3,(H,80,91)(H,81,92)(H,82,95);2*1H4/t61?,77-,78-;;/m0../s1. The molecule has 14 rings (SSSR count). The van der Waals surface area contributed by atoms with Crippen molar-refractivity contribution in [3.05, 3.63) is 114 Å². The molecule has 8 aliphatic rings. The zero-order valence-electron chi connectivity index (χ0n) is 61.3. The minimum absolute atomic E-state index is 0. The first-order valence-corrected chi connectivity index (χ1v) is 37.9. The van der Waals surface area contributed by atoms with Crippen LogP contribution in [0.5, 0.6) is 11.5 Å². The highest BCUT2D eigenvalue weighted by Gasteiger charge is 2.52. The summed E-state index contributed by atoms with van der Waals surface area (Å²) in [5, 5.41) is 11.7. The SMILES string of the molecule is C.C.CCc1c2c(nc3ccc(OC(=O)N4CCC(N5CCCCC5)CC4)cc13)-c1cc3c(c(=O)n1C2)COC(=O)[C@@]3(CC)OC(=O)CNC(=O)CCC(NC)C(=O)NCC(=O)NCC(=O)O[C@]1(CC)C(=O)OCc2c1cc1n(c2=O)Cc2c-1nc1ccc(OC(=O)N3CCC(N4CCCCC4)CC3)cc1c2CC. The Morgan fingerprint density at radius 1 is 0.532 bits per heavy atom. The summed E-state index contributed by atoms with van der Waals surface area (Å²) in [4.78, 5) is 170. The molecule has 0 bridgehead atoms. The van der Waals surface area contributed by atoms with Crippen LogP contribution < -0.4 is 41.9 Å². The first kappa shape index (κ1) is 78.5. The summed E-state index contributed by atoms with van der Waals surface area (Å²) in [6.07, 6.45) is 10.6. The van der Waals surface area contributed by atoms with Crippen molar-refractivity contribution in [3.8, 4) is 34.3 Å². The molecule has 4 aromatic heterocycles. The maximum Gasteiger partial charge on any atom is 0.415 e. The van der Waals surface area contributed by atoms with Crippen molar-refractivity contribution < 1.29 is 71.6 Å². The van der Waals surface area contributed by atoms with E-state index in [2.05, 4.69) is 31.1 Å². The normalized spacial score (nSPS) is 19.9. The van der Waals surface area contributed by atoms with Gasteiger partial charge in [-0.05, 0) is 176 Å². The molecule has 4 saturated heterocycles. The van der Waals surface area contributed by atoms with Crippen LogP contribution in [0.25, 0.3) is 44.6 Å². The van der Waals surface area contributed by atoms with E-state index in [0.29, 0.717) is 96.4 Å². The number of nitrogens with zero attached hydrogens (tertiary/aromatic N) is 8. The molecular weight excluding hydrogens is 1400 g/mol. The predicted molar refractivity (Wildman–Crippen MR) is 402 cm³/mol. The Morgan fingerprint density at radius 2 is 0.954 bits per heavy atom. The average Bonchev–Trinajstić information content (AvgIpc) is 1.59. The van der Waals surface area contributed by atoms with Crippen LogP contribution in [-0.4, -0.2) is 190 Å². The van der Waals surface area contributed by atoms with Crippen molar-refractivity contribution in [3.63, 3.8) is 0 Å². The summed E-state index contributed by atoms with van der Waals surface area (Å²) in [5.41, 5.74) is 1.79. The number of aryl methyl sites for hydroxylation is 2. The highest BCUT2D eigenvalue weighted by atomic mass is 16.6. The lowest BCUT2D eigenvalue weighted by molar-refractivity contribution is -0.189. The molecule has 109 heavy (non-hydrogen) atoms. The van der Waals surface area contributed by atoms with Crippen LogP contribution in [0.1, 0.15) is 177 Å². The quantitative estimate of drug-likeness (QED) is 0.0405. The molecule has 29 nitrogen and oxygen atoms in total. The fourth-order valence-corrected chi connectivity index (χ4v) is 17.2. The van der Waals surface area contributed by atoms with Gasteiger partial charge in [0.15, 0.2) is 0 Å². The van der Waals surface area contributed by atoms with Crippen LogP contribution >= 0.6 is 0 Å². The number of hydrogen-bond donors (Lipinski definition) is 4. The molecule has 4 N–H and O–H groups in total. The zero-order chi connectivity index (χ0) is 75.0. The van der Waals surface area contributed by atoms with Crippen molar-refractivity contribution in [2.45, 2.75) is 201 Å². The molecular formula is C80H100N12O17. The third-order valence-corrected chi connectivity index (χ3v) is 23.1. The van der Waals surface area contributed by atoms with Gasteiger partial charge in [-0.25, -0.2) is 29.1 Å². The van der Waals surface area contributed by atoms with E-state index in [1.165, 1.54) is 45.6 Å². The van der Waals surface area contributed by atoms with Crippen LogP contribution in [0.2, 0.25) is 0 Å². The molecule has 4 fully saturated rings. The van der Waals surface area contributed by atoms with Gasteiger partial charge in [0.1, 0.15) is 37.8 Å². The second-order valence-electron chi connectivity index (χ2n) is 29.0. The Labute approximate surface area is 632 Å².